The van der Waals surface area contributed by atoms with E-state index in [9.17, 15) is 4.39 Å². The van der Waals surface area contributed by atoms with E-state index >= 15 is 0 Å². The van der Waals surface area contributed by atoms with Gasteiger partial charge in [-0.1, -0.05) is 29.8 Å². The summed E-state index contributed by atoms with van der Waals surface area (Å²) in [5.41, 5.74) is 0.602. The molecule has 3 rings (SSSR count). The molecule has 0 saturated heterocycles. The Kier molecular flexibility index (Phi) is 3.34. The molecule has 1 fully saturated rings. The van der Waals surface area contributed by atoms with E-state index in [1.807, 2.05) is 6.07 Å². The molecule has 19 heavy (non-hydrogen) atoms. The smallest absolute Gasteiger partial charge is 0.135 e. The highest BCUT2D eigenvalue weighted by Gasteiger charge is 2.27. The molecule has 0 radical (unpaired) electrons. The van der Waals surface area contributed by atoms with Gasteiger partial charge in [0, 0.05) is 24.1 Å². The van der Waals surface area contributed by atoms with Crippen LogP contribution in [0.15, 0.2) is 30.3 Å². The van der Waals surface area contributed by atoms with E-state index < -0.39 is 0 Å². The molecule has 1 aromatic heterocycles. The van der Waals surface area contributed by atoms with Gasteiger partial charge in [-0.15, -0.1) is 0 Å². The third-order valence-electron chi connectivity index (χ3n) is 3.07. The maximum Gasteiger partial charge on any atom is 0.135 e. The molecule has 0 aliphatic heterocycles. The van der Waals surface area contributed by atoms with Gasteiger partial charge in [-0.3, -0.25) is 0 Å². The topological polar surface area (TPSA) is 37.8 Å². The fourth-order valence-corrected chi connectivity index (χ4v) is 2.07. The molecule has 3 nitrogen and oxygen atoms in total. The van der Waals surface area contributed by atoms with Crippen molar-refractivity contribution in [2.45, 2.75) is 25.3 Å². The van der Waals surface area contributed by atoms with Crippen molar-refractivity contribution in [2.75, 3.05) is 5.32 Å². The van der Waals surface area contributed by atoms with E-state index in [4.69, 9.17) is 11.6 Å². The quantitative estimate of drug-likeness (QED) is 0.865. The number of anilines is 1. The van der Waals surface area contributed by atoms with Gasteiger partial charge in [0.1, 0.15) is 22.6 Å². The zero-order chi connectivity index (χ0) is 13.2. The van der Waals surface area contributed by atoms with E-state index in [0.29, 0.717) is 29.0 Å². The lowest BCUT2D eigenvalue weighted by Crippen LogP contribution is -2.05. The van der Waals surface area contributed by atoms with Crippen LogP contribution in [0.1, 0.15) is 30.1 Å². The Morgan fingerprint density at radius 3 is 2.79 bits per heavy atom. The molecule has 0 bridgehead atoms. The Bertz CT molecular complexity index is 599. The molecule has 1 aliphatic carbocycles. The van der Waals surface area contributed by atoms with Crippen molar-refractivity contribution in [1.29, 1.82) is 0 Å². The number of benzene rings is 1. The van der Waals surface area contributed by atoms with Crippen LogP contribution >= 0.6 is 11.6 Å². The van der Waals surface area contributed by atoms with Crippen molar-refractivity contribution in [3.63, 3.8) is 0 Å². The minimum atomic E-state index is -0.224. The minimum absolute atomic E-state index is 0.224. The lowest BCUT2D eigenvalue weighted by Gasteiger charge is -2.08. The van der Waals surface area contributed by atoms with E-state index in [0.717, 1.165) is 18.7 Å². The fourth-order valence-electron chi connectivity index (χ4n) is 1.88. The Balaban J connectivity index is 1.74. The van der Waals surface area contributed by atoms with Crippen molar-refractivity contribution in [3.05, 3.63) is 52.7 Å². The highest BCUT2D eigenvalue weighted by molar-refractivity contribution is 6.29. The molecule has 98 valence electrons. The average molecular weight is 278 g/mol. The van der Waals surface area contributed by atoms with E-state index in [1.54, 1.807) is 18.2 Å². The summed E-state index contributed by atoms with van der Waals surface area (Å²) in [4.78, 5) is 8.62. The first kappa shape index (κ1) is 12.4. The van der Waals surface area contributed by atoms with E-state index in [-0.39, 0.29) is 5.82 Å². The molecule has 1 heterocycles. The van der Waals surface area contributed by atoms with Crippen LogP contribution in [0.3, 0.4) is 0 Å². The van der Waals surface area contributed by atoms with E-state index in [2.05, 4.69) is 15.3 Å². The minimum Gasteiger partial charge on any atom is -0.366 e. The van der Waals surface area contributed by atoms with Gasteiger partial charge >= 0.3 is 0 Å². The predicted molar refractivity (Wildman–Crippen MR) is 72.7 cm³/mol. The first-order valence-corrected chi connectivity index (χ1v) is 6.62. The SMILES string of the molecule is Fc1ccccc1CNc1cc(Cl)nc(C2CC2)n1. The number of halogens is 2. The summed E-state index contributed by atoms with van der Waals surface area (Å²) in [5, 5.41) is 3.51. The molecular weight excluding hydrogens is 265 g/mol. The number of hydrogen-bond donors (Lipinski definition) is 1. The molecule has 5 heteroatoms. The Morgan fingerprint density at radius 2 is 2.05 bits per heavy atom. The van der Waals surface area contributed by atoms with Crippen LogP contribution in [-0.4, -0.2) is 9.97 Å². The molecule has 0 amide bonds. The summed E-state index contributed by atoms with van der Waals surface area (Å²) >= 11 is 5.97. The van der Waals surface area contributed by atoms with Crippen LogP contribution < -0.4 is 5.32 Å². The largest absolute Gasteiger partial charge is 0.366 e. The van der Waals surface area contributed by atoms with Crippen LogP contribution in [0.4, 0.5) is 10.2 Å². The second-order valence-electron chi connectivity index (χ2n) is 4.65. The summed E-state index contributed by atoms with van der Waals surface area (Å²) in [6.07, 6.45) is 2.24. The second kappa shape index (κ2) is 5.13. The summed E-state index contributed by atoms with van der Waals surface area (Å²) in [5.74, 6) is 1.64. The predicted octanol–water partition coefficient (Wildman–Crippen LogP) is 3.76. The monoisotopic (exact) mass is 277 g/mol. The van der Waals surface area contributed by atoms with Crippen LogP contribution in [-0.2, 0) is 6.54 Å². The van der Waals surface area contributed by atoms with Gasteiger partial charge in [0.2, 0.25) is 0 Å². The van der Waals surface area contributed by atoms with Crippen molar-refractivity contribution in [2.24, 2.45) is 0 Å². The maximum atomic E-state index is 13.5. The number of rotatable bonds is 4. The van der Waals surface area contributed by atoms with Crippen molar-refractivity contribution < 1.29 is 4.39 Å². The van der Waals surface area contributed by atoms with Gasteiger partial charge < -0.3 is 5.32 Å². The van der Waals surface area contributed by atoms with Gasteiger partial charge in [-0.2, -0.15) is 0 Å². The number of nitrogens with zero attached hydrogens (tertiary/aromatic N) is 2. The number of nitrogens with one attached hydrogen (secondary N) is 1. The molecule has 1 aromatic carbocycles. The lowest BCUT2D eigenvalue weighted by atomic mass is 10.2. The molecule has 0 spiro atoms. The first-order valence-electron chi connectivity index (χ1n) is 6.24. The fraction of sp³-hybridized carbons (Fsp3) is 0.286. The summed E-state index contributed by atoms with van der Waals surface area (Å²) < 4.78 is 13.5. The summed E-state index contributed by atoms with van der Waals surface area (Å²) in [6, 6.07) is 8.33. The third-order valence-corrected chi connectivity index (χ3v) is 3.27. The van der Waals surface area contributed by atoms with Crippen LogP contribution in [0, 0.1) is 5.82 Å². The summed E-state index contributed by atoms with van der Waals surface area (Å²) in [7, 11) is 0. The molecular formula is C14H13ClFN3. The van der Waals surface area contributed by atoms with Gasteiger partial charge in [0.05, 0.1) is 0 Å². The van der Waals surface area contributed by atoms with Crippen LogP contribution in [0.2, 0.25) is 5.15 Å². The standard InChI is InChI=1S/C14H13ClFN3/c15-12-7-13(19-14(18-12)9-5-6-9)17-8-10-3-1-2-4-11(10)16/h1-4,7,9H,5-6,8H2,(H,17,18,19). The summed E-state index contributed by atoms with van der Waals surface area (Å²) in [6.45, 7) is 0.379. The third kappa shape index (κ3) is 3.01. The molecule has 2 aromatic rings. The van der Waals surface area contributed by atoms with Crippen LogP contribution in [0.25, 0.3) is 0 Å². The molecule has 0 unspecified atom stereocenters. The molecule has 1 N–H and O–H groups in total. The normalized spacial score (nSPS) is 14.4. The number of hydrogen-bond acceptors (Lipinski definition) is 3. The zero-order valence-electron chi connectivity index (χ0n) is 10.2. The molecule has 0 atom stereocenters. The van der Waals surface area contributed by atoms with E-state index in [1.165, 1.54) is 6.07 Å². The molecule has 1 saturated carbocycles. The van der Waals surface area contributed by atoms with Gasteiger partial charge in [-0.25, -0.2) is 14.4 Å². The Labute approximate surface area is 115 Å². The van der Waals surface area contributed by atoms with Gasteiger partial charge in [0.15, 0.2) is 0 Å². The van der Waals surface area contributed by atoms with Gasteiger partial charge in [0.25, 0.3) is 0 Å². The molecule has 1 aliphatic rings. The van der Waals surface area contributed by atoms with Gasteiger partial charge in [-0.05, 0) is 18.9 Å². The highest BCUT2D eigenvalue weighted by Crippen LogP contribution is 2.38. The Hall–Kier alpha value is -1.68. The maximum absolute atomic E-state index is 13.5. The number of aromatic nitrogens is 2. The highest BCUT2D eigenvalue weighted by atomic mass is 35.5. The lowest BCUT2D eigenvalue weighted by molar-refractivity contribution is 0.613. The Morgan fingerprint density at radius 1 is 1.26 bits per heavy atom. The van der Waals surface area contributed by atoms with Crippen molar-refractivity contribution in [1.82, 2.24) is 9.97 Å². The second-order valence-corrected chi connectivity index (χ2v) is 5.04. The van der Waals surface area contributed by atoms with Crippen LogP contribution in [0.5, 0.6) is 0 Å². The first-order chi connectivity index (χ1) is 9.22. The average Bonchev–Trinajstić information content (AvgIpc) is 3.21. The van der Waals surface area contributed by atoms with Crippen molar-refractivity contribution in [3.8, 4) is 0 Å². The van der Waals surface area contributed by atoms with Crippen molar-refractivity contribution >= 4 is 17.4 Å². The zero-order valence-corrected chi connectivity index (χ0v) is 11.0.